The Morgan fingerprint density at radius 1 is 1.04 bits per heavy atom. The van der Waals surface area contributed by atoms with E-state index in [4.69, 9.17) is 0 Å². The third-order valence-corrected chi connectivity index (χ3v) is 6.15. The average molecular weight is 338 g/mol. The Bertz CT molecular complexity index is 693. The second kappa shape index (κ2) is 7.84. The largest absolute Gasteiger partial charge is 0.300 e. The van der Waals surface area contributed by atoms with Crippen LogP contribution in [0.1, 0.15) is 44.6 Å². The lowest BCUT2D eigenvalue weighted by Crippen LogP contribution is -2.45. The first-order valence-corrected chi connectivity index (χ1v) is 10.1. The second-order valence-electron chi connectivity index (χ2n) is 8.08. The molecule has 2 aliphatic rings. The van der Waals surface area contributed by atoms with Crippen LogP contribution in [0.3, 0.4) is 0 Å². The van der Waals surface area contributed by atoms with Gasteiger partial charge in [0.15, 0.2) is 0 Å². The summed E-state index contributed by atoms with van der Waals surface area (Å²) >= 11 is 0. The molecule has 3 heteroatoms. The number of piperidine rings is 2. The summed E-state index contributed by atoms with van der Waals surface area (Å²) in [7, 11) is 0. The summed E-state index contributed by atoms with van der Waals surface area (Å²) in [6, 6.07) is 11.6. The number of rotatable bonds is 4. The maximum Gasteiger partial charge on any atom is 0.0746 e. The van der Waals surface area contributed by atoms with Crippen molar-refractivity contribution in [2.45, 2.75) is 51.6 Å². The fourth-order valence-corrected chi connectivity index (χ4v) is 4.74. The number of aromatic nitrogens is 1. The van der Waals surface area contributed by atoms with Crippen LogP contribution < -0.4 is 0 Å². The molecule has 2 saturated heterocycles. The molecule has 134 valence electrons. The molecule has 2 atom stereocenters. The minimum Gasteiger partial charge on any atom is -0.300 e. The molecule has 2 aromatic rings. The number of fused-ring (bicyclic) bond motifs is 1. The molecule has 2 unspecified atom stereocenters. The van der Waals surface area contributed by atoms with Crippen LogP contribution >= 0.6 is 0 Å². The van der Waals surface area contributed by atoms with Gasteiger partial charge in [-0.15, -0.1) is 0 Å². The summed E-state index contributed by atoms with van der Waals surface area (Å²) in [6.45, 7) is 8.54. The van der Waals surface area contributed by atoms with E-state index in [1.165, 1.54) is 74.7 Å². The highest BCUT2D eigenvalue weighted by molar-refractivity contribution is 5.81. The highest BCUT2D eigenvalue weighted by Crippen LogP contribution is 2.25. The molecule has 0 aliphatic carbocycles. The van der Waals surface area contributed by atoms with Crippen molar-refractivity contribution in [2.24, 2.45) is 5.92 Å². The monoisotopic (exact) mass is 337 g/mol. The molecule has 2 fully saturated rings. The van der Waals surface area contributed by atoms with Crippen molar-refractivity contribution in [3.63, 3.8) is 0 Å². The van der Waals surface area contributed by atoms with E-state index < -0.39 is 0 Å². The van der Waals surface area contributed by atoms with Crippen molar-refractivity contribution in [1.82, 2.24) is 14.8 Å². The maximum atomic E-state index is 4.63. The lowest BCUT2D eigenvalue weighted by molar-refractivity contribution is 0.0914. The van der Waals surface area contributed by atoms with Gasteiger partial charge in [-0.25, -0.2) is 0 Å². The number of pyridine rings is 1. The zero-order chi connectivity index (χ0) is 17.1. The Morgan fingerprint density at radius 3 is 2.88 bits per heavy atom. The summed E-state index contributed by atoms with van der Waals surface area (Å²) in [6.07, 6.45) is 8.85. The first-order chi connectivity index (χ1) is 12.3. The Balaban J connectivity index is 1.41. The van der Waals surface area contributed by atoms with Crippen LogP contribution in [-0.4, -0.2) is 47.0 Å². The van der Waals surface area contributed by atoms with Gasteiger partial charge in [0, 0.05) is 37.3 Å². The van der Waals surface area contributed by atoms with Gasteiger partial charge in [-0.2, -0.15) is 0 Å². The van der Waals surface area contributed by atoms with Crippen LogP contribution in [0.25, 0.3) is 10.9 Å². The summed E-state index contributed by atoms with van der Waals surface area (Å²) in [4.78, 5) is 10.0. The van der Waals surface area contributed by atoms with Crippen molar-refractivity contribution < 1.29 is 0 Å². The normalized spacial score (nSPS) is 26.1. The van der Waals surface area contributed by atoms with Crippen LogP contribution in [0.15, 0.2) is 36.5 Å². The minimum atomic E-state index is 0.784. The molecule has 0 bridgehead atoms. The molecule has 0 N–H and O–H groups in total. The highest BCUT2D eigenvalue weighted by Gasteiger charge is 2.25. The van der Waals surface area contributed by atoms with Crippen LogP contribution in [0.5, 0.6) is 0 Å². The molecule has 0 amide bonds. The Labute approximate surface area is 152 Å². The van der Waals surface area contributed by atoms with Gasteiger partial charge in [0.1, 0.15) is 0 Å². The molecule has 1 aromatic carbocycles. The molecule has 4 rings (SSSR count). The molecular weight excluding hydrogens is 306 g/mol. The van der Waals surface area contributed by atoms with Crippen molar-refractivity contribution >= 4 is 10.9 Å². The quantitative estimate of drug-likeness (QED) is 0.828. The van der Waals surface area contributed by atoms with E-state index in [9.17, 15) is 0 Å². The zero-order valence-corrected chi connectivity index (χ0v) is 15.5. The molecular formula is C22H31N3. The van der Waals surface area contributed by atoms with E-state index in [0.29, 0.717) is 0 Å². The molecule has 1 aromatic heterocycles. The van der Waals surface area contributed by atoms with Crippen LogP contribution in [0.2, 0.25) is 0 Å². The summed E-state index contributed by atoms with van der Waals surface area (Å²) in [5.74, 6) is 0.831. The number of benzene rings is 1. The van der Waals surface area contributed by atoms with Gasteiger partial charge in [-0.3, -0.25) is 9.88 Å². The SMILES string of the molecule is CC1CCCCN1CC1CCCN(Cc2cccc3cccnc23)C1. The molecule has 0 radical (unpaired) electrons. The van der Waals surface area contributed by atoms with Crippen LogP contribution in [0.4, 0.5) is 0 Å². The van der Waals surface area contributed by atoms with Crippen LogP contribution in [-0.2, 0) is 6.54 Å². The fourth-order valence-electron chi connectivity index (χ4n) is 4.74. The number of hydrogen-bond donors (Lipinski definition) is 0. The van der Waals surface area contributed by atoms with Crippen molar-refractivity contribution in [3.05, 3.63) is 42.1 Å². The average Bonchev–Trinajstić information content (AvgIpc) is 2.64. The summed E-state index contributed by atoms with van der Waals surface area (Å²) in [5, 5.41) is 1.26. The fraction of sp³-hybridized carbons (Fsp3) is 0.591. The van der Waals surface area contributed by atoms with Crippen molar-refractivity contribution in [3.8, 4) is 0 Å². The van der Waals surface area contributed by atoms with Gasteiger partial charge in [-0.05, 0) is 63.2 Å². The third kappa shape index (κ3) is 4.04. The number of nitrogens with zero attached hydrogens (tertiary/aromatic N) is 3. The molecule has 3 nitrogen and oxygen atoms in total. The van der Waals surface area contributed by atoms with Gasteiger partial charge in [0.25, 0.3) is 0 Å². The second-order valence-corrected chi connectivity index (χ2v) is 8.08. The van der Waals surface area contributed by atoms with E-state index in [1.807, 2.05) is 12.3 Å². The highest BCUT2D eigenvalue weighted by atomic mass is 15.2. The Hall–Kier alpha value is -1.45. The van der Waals surface area contributed by atoms with Gasteiger partial charge in [-0.1, -0.05) is 30.7 Å². The number of para-hydroxylation sites is 1. The van der Waals surface area contributed by atoms with E-state index in [2.05, 4.69) is 46.0 Å². The zero-order valence-electron chi connectivity index (χ0n) is 15.5. The van der Waals surface area contributed by atoms with Crippen molar-refractivity contribution in [2.75, 3.05) is 26.2 Å². The van der Waals surface area contributed by atoms with E-state index >= 15 is 0 Å². The predicted molar refractivity (Wildman–Crippen MR) is 105 cm³/mol. The van der Waals surface area contributed by atoms with Crippen LogP contribution in [0, 0.1) is 5.92 Å². The lowest BCUT2D eigenvalue weighted by Gasteiger charge is -2.39. The maximum absolute atomic E-state index is 4.63. The molecule has 25 heavy (non-hydrogen) atoms. The summed E-state index contributed by atoms with van der Waals surface area (Å²) in [5.41, 5.74) is 2.56. The topological polar surface area (TPSA) is 19.4 Å². The number of likely N-dealkylation sites (tertiary alicyclic amines) is 2. The molecule has 0 saturated carbocycles. The lowest BCUT2D eigenvalue weighted by atomic mass is 9.94. The van der Waals surface area contributed by atoms with Gasteiger partial charge >= 0.3 is 0 Å². The minimum absolute atomic E-state index is 0.784. The third-order valence-electron chi connectivity index (χ3n) is 6.15. The van der Waals surface area contributed by atoms with Gasteiger partial charge in [0.2, 0.25) is 0 Å². The first-order valence-electron chi connectivity index (χ1n) is 10.1. The molecule has 2 aliphatic heterocycles. The first kappa shape index (κ1) is 17.0. The van der Waals surface area contributed by atoms with E-state index in [0.717, 1.165) is 18.5 Å². The smallest absolute Gasteiger partial charge is 0.0746 e. The predicted octanol–water partition coefficient (Wildman–Crippen LogP) is 4.32. The van der Waals surface area contributed by atoms with E-state index in [-0.39, 0.29) is 0 Å². The van der Waals surface area contributed by atoms with Gasteiger partial charge in [0.05, 0.1) is 5.52 Å². The standard InChI is InChI=1S/C22H31N3/c1-18-7-2-3-14-25(18)16-19-8-6-13-24(15-19)17-21-10-4-9-20-11-5-12-23-22(20)21/h4-5,9-12,18-19H,2-3,6-8,13-17H2,1H3. The summed E-state index contributed by atoms with van der Waals surface area (Å²) < 4.78 is 0. The van der Waals surface area contributed by atoms with E-state index in [1.54, 1.807) is 0 Å². The Kier molecular flexibility index (Phi) is 5.33. The molecule has 0 spiro atoms. The Morgan fingerprint density at radius 2 is 1.96 bits per heavy atom. The van der Waals surface area contributed by atoms with Gasteiger partial charge < -0.3 is 4.90 Å². The van der Waals surface area contributed by atoms with Crippen molar-refractivity contribution in [1.29, 1.82) is 0 Å². The number of hydrogen-bond acceptors (Lipinski definition) is 3. The molecule has 3 heterocycles.